The molecule has 2 bridgehead atoms. The van der Waals surface area contributed by atoms with Crippen LogP contribution in [0.15, 0.2) is 35.5 Å². The summed E-state index contributed by atoms with van der Waals surface area (Å²) in [5.41, 5.74) is 0.647. The van der Waals surface area contributed by atoms with Gasteiger partial charge in [-0.1, -0.05) is 12.2 Å². The number of imide groups is 1. The number of hydrogen-bond donors (Lipinski definition) is 1. The monoisotopic (exact) mass is 338 g/mol. The third kappa shape index (κ3) is 1.94. The first kappa shape index (κ1) is 14.7. The average Bonchev–Trinajstić information content (AvgIpc) is 3.40. The van der Waals surface area contributed by atoms with Crippen molar-refractivity contribution in [1.82, 2.24) is 5.01 Å². The van der Waals surface area contributed by atoms with Crippen LogP contribution in [0.5, 0.6) is 11.5 Å². The van der Waals surface area contributed by atoms with Gasteiger partial charge in [-0.2, -0.15) is 10.1 Å². The molecular formula is C19H18N2O4. The van der Waals surface area contributed by atoms with Gasteiger partial charge in [0.25, 0.3) is 11.8 Å². The molecule has 5 aliphatic rings. The third-order valence-corrected chi connectivity index (χ3v) is 6.17. The third-order valence-electron chi connectivity index (χ3n) is 6.17. The summed E-state index contributed by atoms with van der Waals surface area (Å²) in [5.74, 6) is 1.08. The van der Waals surface area contributed by atoms with E-state index in [1.165, 1.54) is 19.4 Å². The Balaban J connectivity index is 1.42. The molecule has 4 aliphatic carbocycles. The van der Waals surface area contributed by atoms with Gasteiger partial charge in [0.1, 0.15) is 0 Å². The Morgan fingerprint density at radius 1 is 1.16 bits per heavy atom. The summed E-state index contributed by atoms with van der Waals surface area (Å²) >= 11 is 0. The molecule has 0 radical (unpaired) electrons. The second-order valence-electron chi connectivity index (χ2n) is 7.32. The molecule has 1 aliphatic heterocycles. The van der Waals surface area contributed by atoms with E-state index in [0.717, 1.165) is 11.4 Å². The van der Waals surface area contributed by atoms with E-state index in [1.54, 1.807) is 12.1 Å². The van der Waals surface area contributed by atoms with Crippen molar-refractivity contribution in [3.05, 3.63) is 35.9 Å². The van der Waals surface area contributed by atoms with Crippen LogP contribution in [0.3, 0.4) is 0 Å². The molecule has 6 atom stereocenters. The topological polar surface area (TPSA) is 79.2 Å². The van der Waals surface area contributed by atoms with E-state index in [2.05, 4.69) is 17.3 Å². The molecule has 6 nitrogen and oxygen atoms in total. The number of phenolic OH excluding ortho intramolecular Hbond substituents is 1. The normalized spacial score (nSPS) is 37.6. The van der Waals surface area contributed by atoms with Gasteiger partial charge >= 0.3 is 0 Å². The molecule has 1 aromatic rings. The van der Waals surface area contributed by atoms with Crippen LogP contribution < -0.4 is 4.74 Å². The number of hydrogen-bond acceptors (Lipinski definition) is 5. The number of carbonyl (C=O) groups excluding carboxylic acids is 2. The summed E-state index contributed by atoms with van der Waals surface area (Å²) in [6.45, 7) is 0. The quantitative estimate of drug-likeness (QED) is 0.518. The predicted molar refractivity (Wildman–Crippen MR) is 88.8 cm³/mol. The molecule has 1 heterocycles. The molecule has 0 aromatic heterocycles. The SMILES string of the molecule is COc1cc(/C=N/N2C(=O)[C@@H]3[C@@H]4C=C[C@H]([C@H]5C[C@H]45)[C@@H]3C2=O)ccc1O. The molecule has 128 valence electrons. The maximum absolute atomic E-state index is 12.8. The zero-order chi connectivity index (χ0) is 17.3. The van der Waals surface area contributed by atoms with Crippen LogP contribution in [0.1, 0.15) is 12.0 Å². The number of aromatic hydroxyl groups is 1. The summed E-state index contributed by atoms with van der Waals surface area (Å²) in [7, 11) is 1.46. The molecule has 6 heteroatoms. The van der Waals surface area contributed by atoms with Crippen molar-refractivity contribution < 1.29 is 19.4 Å². The standard InChI is InChI=1S/C19H18N2O4/c1-25-15-6-9(2-5-14(15)22)8-20-21-18(23)16-10-3-4-11(13-7-12(10)13)17(16)19(21)24/h2-6,8,10-13,16-17,22H,7H2,1H3/b20-8+/t10-,11-,12-,13-,16-,17+/m1/s1. The Morgan fingerprint density at radius 2 is 1.80 bits per heavy atom. The van der Waals surface area contributed by atoms with Crippen molar-refractivity contribution in [1.29, 1.82) is 0 Å². The van der Waals surface area contributed by atoms with Gasteiger partial charge in [-0.05, 0) is 53.9 Å². The van der Waals surface area contributed by atoms with Crippen LogP contribution in [-0.2, 0) is 9.59 Å². The van der Waals surface area contributed by atoms with Crippen molar-refractivity contribution in [3.8, 4) is 11.5 Å². The highest BCUT2D eigenvalue weighted by Crippen LogP contribution is 2.65. The van der Waals surface area contributed by atoms with Gasteiger partial charge in [-0.15, -0.1) is 0 Å². The first-order valence-corrected chi connectivity index (χ1v) is 8.57. The summed E-state index contributed by atoms with van der Waals surface area (Å²) in [6.07, 6.45) is 6.89. The smallest absolute Gasteiger partial charge is 0.254 e. The highest BCUT2D eigenvalue weighted by molar-refractivity contribution is 6.06. The lowest BCUT2D eigenvalue weighted by atomic mass is 9.63. The Labute approximate surface area is 144 Å². The molecule has 1 aromatic carbocycles. The fourth-order valence-electron chi connectivity index (χ4n) is 4.95. The number of nitrogens with zero attached hydrogens (tertiary/aromatic N) is 2. The van der Waals surface area contributed by atoms with Crippen molar-refractivity contribution >= 4 is 18.0 Å². The maximum Gasteiger partial charge on any atom is 0.254 e. The summed E-state index contributed by atoms with van der Waals surface area (Å²) < 4.78 is 5.06. The minimum absolute atomic E-state index is 0.0286. The first-order chi connectivity index (χ1) is 12.1. The Kier molecular flexibility index (Phi) is 2.90. The Hall–Kier alpha value is -2.63. The number of allylic oxidation sites excluding steroid dienone is 2. The van der Waals surface area contributed by atoms with Crippen LogP contribution >= 0.6 is 0 Å². The largest absolute Gasteiger partial charge is 0.504 e. The number of carbonyl (C=O) groups is 2. The van der Waals surface area contributed by atoms with Gasteiger partial charge in [0.2, 0.25) is 0 Å². The molecular weight excluding hydrogens is 320 g/mol. The molecule has 0 spiro atoms. The number of ether oxygens (including phenoxy) is 1. The van der Waals surface area contributed by atoms with E-state index in [1.807, 2.05) is 0 Å². The van der Waals surface area contributed by atoms with Crippen molar-refractivity contribution in [2.75, 3.05) is 7.11 Å². The summed E-state index contributed by atoms with van der Waals surface area (Å²) in [6, 6.07) is 4.75. The van der Waals surface area contributed by atoms with Crippen molar-refractivity contribution in [2.45, 2.75) is 6.42 Å². The molecule has 0 unspecified atom stereocenters. The minimum Gasteiger partial charge on any atom is -0.504 e. The number of phenols is 1. The molecule has 2 saturated carbocycles. The average molecular weight is 338 g/mol. The van der Waals surface area contributed by atoms with Gasteiger partial charge in [0.15, 0.2) is 11.5 Å². The van der Waals surface area contributed by atoms with E-state index in [4.69, 9.17) is 4.74 Å². The van der Waals surface area contributed by atoms with Crippen LogP contribution in [0.4, 0.5) is 0 Å². The van der Waals surface area contributed by atoms with Crippen LogP contribution in [0, 0.1) is 35.5 Å². The van der Waals surface area contributed by atoms with Crippen LogP contribution in [0.25, 0.3) is 0 Å². The lowest BCUT2D eigenvalue weighted by Crippen LogP contribution is -2.40. The lowest BCUT2D eigenvalue weighted by molar-refractivity contribution is -0.140. The lowest BCUT2D eigenvalue weighted by Gasteiger charge is -2.37. The summed E-state index contributed by atoms with van der Waals surface area (Å²) in [5, 5.41) is 14.9. The number of benzene rings is 1. The van der Waals surface area contributed by atoms with Crippen LogP contribution in [-0.4, -0.2) is 35.3 Å². The highest BCUT2D eigenvalue weighted by atomic mass is 16.5. The fourth-order valence-corrected chi connectivity index (χ4v) is 4.95. The molecule has 2 amide bonds. The molecule has 6 rings (SSSR count). The van der Waals surface area contributed by atoms with Gasteiger partial charge in [0, 0.05) is 0 Å². The van der Waals surface area contributed by atoms with Crippen molar-refractivity contribution in [2.24, 2.45) is 40.6 Å². The Morgan fingerprint density at radius 3 is 2.40 bits per heavy atom. The highest BCUT2D eigenvalue weighted by Gasteiger charge is 2.67. The minimum atomic E-state index is -0.238. The summed E-state index contributed by atoms with van der Waals surface area (Å²) in [4.78, 5) is 25.6. The van der Waals surface area contributed by atoms with E-state index >= 15 is 0 Å². The molecule has 1 saturated heterocycles. The van der Waals surface area contributed by atoms with Crippen LogP contribution in [0.2, 0.25) is 0 Å². The van der Waals surface area contributed by atoms with Gasteiger partial charge in [-0.3, -0.25) is 9.59 Å². The molecule has 1 N–H and O–H groups in total. The Bertz CT molecular complexity index is 810. The second kappa shape index (κ2) is 4.94. The predicted octanol–water partition coefficient (Wildman–Crippen LogP) is 1.79. The number of amides is 2. The second-order valence-corrected chi connectivity index (χ2v) is 7.32. The zero-order valence-corrected chi connectivity index (χ0v) is 13.7. The first-order valence-electron chi connectivity index (χ1n) is 8.57. The number of methoxy groups -OCH3 is 1. The zero-order valence-electron chi connectivity index (χ0n) is 13.7. The molecule has 3 fully saturated rings. The number of rotatable bonds is 3. The number of hydrazone groups is 1. The molecule has 25 heavy (non-hydrogen) atoms. The van der Waals surface area contributed by atoms with E-state index in [-0.39, 0.29) is 41.2 Å². The van der Waals surface area contributed by atoms with E-state index in [9.17, 15) is 14.7 Å². The van der Waals surface area contributed by atoms with Gasteiger partial charge in [0.05, 0.1) is 25.2 Å². The van der Waals surface area contributed by atoms with E-state index in [0.29, 0.717) is 23.1 Å². The maximum atomic E-state index is 12.8. The van der Waals surface area contributed by atoms with E-state index < -0.39 is 0 Å². The van der Waals surface area contributed by atoms with Crippen molar-refractivity contribution in [3.63, 3.8) is 0 Å². The van der Waals surface area contributed by atoms with Gasteiger partial charge in [-0.25, -0.2) is 0 Å². The fraction of sp³-hybridized carbons (Fsp3) is 0.421. The van der Waals surface area contributed by atoms with Gasteiger partial charge < -0.3 is 9.84 Å².